The molecule has 0 aromatic rings. The summed E-state index contributed by atoms with van der Waals surface area (Å²) >= 11 is 0. The van der Waals surface area contributed by atoms with E-state index in [0.29, 0.717) is 38.9 Å². The summed E-state index contributed by atoms with van der Waals surface area (Å²) in [6, 6.07) is 0. The van der Waals surface area contributed by atoms with Crippen LogP contribution in [0, 0.1) is 0 Å². The van der Waals surface area contributed by atoms with Gasteiger partial charge in [-0.2, -0.15) is 0 Å². The minimum absolute atomic E-state index is 0.0719. The molecule has 0 aromatic heterocycles. The number of nitrogens with one attached hydrogen (secondary N) is 1. The van der Waals surface area contributed by atoms with Gasteiger partial charge in [0.2, 0.25) is 5.91 Å². The Balaban J connectivity index is 3.08. The summed E-state index contributed by atoms with van der Waals surface area (Å²) in [4.78, 5) is 21.0. The van der Waals surface area contributed by atoms with Gasteiger partial charge in [-0.15, -0.1) is 0 Å². The molecule has 0 atom stereocenters. The predicted octanol–water partition coefficient (Wildman–Crippen LogP) is 0.525. The second kappa shape index (κ2) is 12.1. The first-order chi connectivity index (χ1) is 7.81. The lowest BCUT2D eigenvalue weighted by Gasteiger charge is -2.04. The minimum atomic E-state index is 0.0719. The summed E-state index contributed by atoms with van der Waals surface area (Å²) < 4.78 is 10.1. The van der Waals surface area contributed by atoms with Crippen LogP contribution in [0.2, 0.25) is 0 Å². The van der Waals surface area contributed by atoms with Crippen LogP contribution < -0.4 is 5.32 Å². The summed E-state index contributed by atoms with van der Waals surface area (Å²) in [5.74, 6) is 0.0719. The van der Waals surface area contributed by atoms with E-state index < -0.39 is 0 Å². The van der Waals surface area contributed by atoms with Crippen molar-refractivity contribution in [3.63, 3.8) is 0 Å². The SMILES string of the molecule is CCCNC(=O)CCCOCCOCC=O. The van der Waals surface area contributed by atoms with Crippen molar-refractivity contribution in [2.24, 2.45) is 0 Å². The first kappa shape index (κ1) is 15.1. The fraction of sp³-hybridized carbons (Fsp3) is 0.818. The van der Waals surface area contributed by atoms with Crippen molar-refractivity contribution in [2.45, 2.75) is 26.2 Å². The van der Waals surface area contributed by atoms with Crippen LogP contribution in [0.5, 0.6) is 0 Å². The molecule has 0 fully saturated rings. The van der Waals surface area contributed by atoms with Crippen LogP contribution in [0.25, 0.3) is 0 Å². The number of ether oxygens (including phenoxy) is 2. The molecule has 0 saturated heterocycles. The zero-order chi connectivity index (χ0) is 12.1. The van der Waals surface area contributed by atoms with Gasteiger partial charge in [0.05, 0.1) is 13.2 Å². The lowest BCUT2D eigenvalue weighted by Crippen LogP contribution is -2.23. The van der Waals surface area contributed by atoms with Crippen molar-refractivity contribution in [3.05, 3.63) is 0 Å². The van der Waals surface area contributed by atoms with Crippen molar-refractivity contribution in [1.82, 2.24) is 5.32 Å². The monoisotopic (exact) mass is 231 g/mol. The van der Waals surface area contributed by atoms with Gasteiger partial charge in [0.25, 0.3) is 0 Å². The second-order valence-electron chi connectivity index (χ2n) is 3.31. The van der Waals surface area contributed by atoms with Gasteiger partial charge in [0, 0.05) is 19.6 Å². The number of hydrogen-bond acceptors (Lipinski definition) is 4. The average Bonchev–Trinajstić information content (AvgIpc) is 2.30. The van der Waals surface area contributed by atoms with E-state index in [4.69, 9.17) is 9.47 Å². The fourth-order valence-electron chi connectivity index (χ4n) is 1.04. The van der Waals surface area contributed by atoms with E-state index in [9.17, 15) is 9.59 Å². The lowest BCUT2D eigenvalue weighted by molar-refractivity contribution is -0.121. The molecule has 0 heterocycles. The summed E-state index contributed by atoms with van der Waals surface area (Å²) in [6.07, 6.45) is 2.87. The van der Waals surface area contributed by atoms with E-state index in [1.807, 2.05) is 6.92 Å². The number of amides is 1. The van der Waals surface area contributed by atoms with Crippen LogP contribution in [-0.2, 0) is 19.1 Å². The van der Waals surface area contributed by atoms with E-state index in [2.05, 4.69) is 5.32 Å². The molecular formula is C11H21NO4. The van der Waals surface area contributed by atoms with Crippen LogP contribution in [-0.4, -0.2) is 45.2 Å². The number of carbonyl (C=O) groups is 2. The van der Waals surface area contributed by atoms with Gasteiger partial charge in [-0.05, 0) is 12.8 Å². The highest BCUT2D eigenvalue weighted by Crippen LogP contribution is 1.90. The topological polar surface area (TPSA) is 64.6 Å². The molecule has 0 unspecified atom stereocenters. The van der Waals surface area contributed by atoms with Crippen LogP contribution in [0.1, 0.15) is 26.2 Å². The molecule has 5 heteroatoms. The van der Waals surface area contributed by atoms with Gasteiger partial charge in [0.1, 0.15) is 12.9 Å². The smallest absolute Gasteiger partial charge is 0.220 e. The molecular weight excluding hydrogens is 210 g/mol. The van der Waals surface area contributed by atoms with Crippen LogP contribution in [0.4, 0.5) is 0 Å². The van der Waals surface area contributed by atoms with Crippen LogP contribution >= 0.6 is 0 Å². The lowest BCUT2D eigenvalue weighted by atomic mass is 10.3. The van der Waals surface area contributed by atoms with Crippen molar-refractivity contribution in [1.29, 1.82) is 0 Å². The Hall–Kier alpha value is -0.940. The highest BCUT2D eigenvalue weighted by atomic mass is 16.5. The molecule has 0 aliphatic rings. The third-order valence-electron chi connectivity index (χ3n) is 1.82. The highest BCUT2D eigenvalue weighted by Gasteiger charge is 1.99. The average molecular weight is 231 g/mol. The third-order valence-corrected chi connectivity index (χ3v) is 1.82. The summed E-state index contributed by atoms with van der Waals surface area (Å²) in [5, 5.41) is 2.79. The van der Waals surface area contributed by atoms with Crippen molar-refractivity contribution >= 4 is 12.2 Å². The zero-order valence-corrected chi connectivity index (χ0v) is 9.87. The summed E-state index contributed by atoms with van der Waals surface area (Å²) in [5.41, 5.74) is 0. The van der Waals surface area contributed by atoms with Gasteiger partial charge < -0.3 is 19.6 Å². The Kier molecular flexibility index (Phi) is 11.4. The van der Waals surface area contributed by atoms with E-state index in [1.54, 1.807) is 0 Å². The molecule has 16 heavy (non-hydrogen) atoms. The molecule has 1 N–H and O–H groups in total. The number of hydrogen-bond donors (Lipinski definition) is 1. The molecule has 0 aromatic carbocycles. The van der Waals surface area contributed by atoms with E-state index in [0.717, 1.165) is 13.0 Å². The van der Waals surface area contributed by atoms with E-state index >= 15 is 0 Å². The maximum Gasteiger partial charge on any atom is 0.220 e. The van der Waals surface area contributed by atoms with Gasteiger partial charge in [-0.1, -0.05) is 6.92 Å². The maximum absolute atomic E-state index is 11.1. The third kappa shape index (κ3) is 11.1. The van der Waals surface area contributed by atoms with Gasteiger partial charge >= 0.3 is 0 Å². The Bertz CT molecular complexity index is 185. The van der Waals surface area contributed by atoms with Crippen LogP contribution in [0.15, 0.2) is 0 Å². The number of aldehydes is 1. The standard InChI is InChI=1S/C11H21NO4/c1-2-5-12-11(14)4-3-7-15-9-10-16-8-6-13/h6H,2-5,7-10H2,1H3,(H,12,14). The summed E-state index contributed by atoms with van der Waals surface area (Å²) in [7, 11) is 0. The highest BCUT2D eigenvalue weighted by molar-refractivity contribution is 5.75. The predicted molar refractivity (Wildman–Crippen MR) is 60.2 cm³/mol. The molecule has 0 spiro atoms. The van der Waals surface area contributed by atoms with Crippen molar-refractivity contribution in [3.8, 4) is 0 Å². The van der Waals surface area contributed by atoms with Crippen molar-refractivity contribution < 1.29 is 19.1 Å². The Morgan fingerprint density at radius 3 is 2.69 bits per heavy atom. The molecule has 5 nitrogen and oxygen atoms in total. The van der Waals surface area contributed by atoms with Gasteiger partial charge in [0.15, 0.2) is 0 Å². The van der Waals surface area contributed by atoms with Crippen molar-refractivity contribution in [2.75, 3.05) is 33.0 Å². The van der Waals surface area contributed by atoms with Gasteiger partial charge in [-0.25, -0.2) is 0 Å². The Labute approximate surface area is 96.5 Å². The first-order valence-electron chi connectivity index (χ1n) is 5.67. The fourth-order valence-corrected chi connectivity index (χ4v) is 1.04. The molecule has 94 valence electrons. The maximum atomic E-state index is 11.1. The molecule has 0 aliphatic heterocycles. The molecule has 0 rings (SSSR count). The number of carbonyl (C=O) groups excluding carboxylic acids is 2. The Morgan fingerprint density at radius 1 is 1.25 bits per heavy atom. The molecule has 0 saturated carbocycles. The second-order valence-corrected chi connectivity index (χ2v) is 3.31. The normalized spacial score (nSPS) is 10.1. The molecule has 0 radical (unpaired) electrons. The summed E-state index contributed by atoms with van der Waals surface area (Å²) in [6.45, 7) is 4.29. The van der Waals surface area contributed by atoms with Crippen LogP contribution in [0.3, 0.4) is 0 Å². The van der Waals surface area contributed by atoms with E-state index in [-0.39, 0.29) is 12.5 Å². The quantitative estimate of drug-likeness (QED) is 0.416. The molecule has 1 amide bonds. The molecule has 0 bridgehead atoms. The largest absolute Gasteiger partial charge is 0.379 e. The van der Waals surface area contributed by atoms with Gasteiger partial charge in [-0.3, -0.25) is 4.79 Å². The Morgan fingerprint density at radius 2 is 2.00 bits per heavy atom. The first-order valence-corrected chi connectivity index (χ1v) is 5.67. The zero-order valence-electron chi connectivity index (χ0n) is 9.87. The number of rotatable bonds is 11. The minimum Gasteiger partial charge on any atom is -0.379 e. The molecule has 0 aliphatic carbocycles. The van der Waals surface area contributed by atoms with E-state index in [1.165, 1.54) is 0 Å².